The van der Waals surface area contributed by atoms with Crippen LogP contribution in [0.25, 0.3) is 10.9 Å². The summed E-state index contributed by atoms with van der Waals surface area (Å²) in [5.41, 5.74) is 12.3. The molecule has 1 amide bonds. The van der Waals surface area contributed by atoms with E-state index in [1.165, 1.54) is 6.33 Å². The molecular weight excluding hydrogens is 246 g/mol. The highest BCUT2D eigenvalue weighted by atomic mass is 16.1. The van der Waals surface area contributed by atoms with Crippen LogP contribution in [0.1, 0.15) is 13.3 Å². The van der Waals surface area contributed by atoms with Gasteiger partial charge in [0.1, 0.15) is 0 Å². The van der Waals surface area contributed by atoms with E-state index in [1.807, 2.05) is 6.92 Å². The number of fused-ring (bicyclic) bond motifs is 1. The number of nitrogens with zero attached hydrogens (tertiary/aromatic N) is 1. The molecule has 2 aromatic rings. The third-order valence-corrected chi connectivity index (χ3v) is 2.72. The number of nitrogens with one attached hydrogen (secondary N) is 2. The Balaban J connectivity index is 2.37. The molecule has 7 heteroatoms. The summed E-state index contributed by atoms with van der Waals surface area (Å²) in [7, 11) is 0. The van der Waals surface area contributed by atoms with Gasteiger partial charge >= 0.3 is 0 Å². The van der Waals surface area contributed by atoms with E-state index in [0.29, 0.717) is 22.3 Å². The summed E-state index contributed by atoms with van der Waals surface area (Å²) in [5, 5.41) is 3.50. The molecule has 0 aliphatic rings. The third-order valence-electron chi connectivity index (χ3n) is 2.72. The molecule has 1 heterocycles. The highest BCUT2D eigenvalue weighted by Gasteiger charge is 2.10. The van der Waals surface area contributed by atoms with Crippen LogP contribution in [0, 0.1) is 0 Å². The molecule has 0 radical (unpaired) electrons. The molecule has 0 saturated carbocycles. The van der Waals surface area contributed by atoms with Gasteiger partial charge in [0.15, 0.2) is 0 Å². The summed E-state index contributed by atoms with van der Waals surface area (Å²) in [6.07, 6.45) is 1.53. The van der Waals surface area contributed by atoms with Crippen LogP contribution < -0.4 is 22.3 Å². The number of nitrogens with two attached hydrogens (primary N) is 2. The van der Waals surface area contributed by atoms with Gasteiger partial charge in [-0.1, -0.05) is 0 Å². The number of aromatic nitrogens is 2. The highest BCUT2D eigenvalue weighted by molar-refractivity contribution is 5.88. The summed E-state index contributed by atoms with van der Waals surface area (Å²) >= 11 is 0. The number of rotatable bonds is 4. The highest BCUT2D eigenvalue weighted by Crippen LogP contribution is 2.23. The first-order chi connectivity index (χ1) is 8.97. The summed E-state index contributed by atoms with van der Waals surface area (Å²) in [6, 6.07) is 3.08. The Bertz CT molecular complexity index is 679. The fourth-order valence-electron chi connectivity index (χ4n) is 1.88. The first kappa shape index (κ1) is 12.9. The fraction of sp³-hybridized carbons (Fsp3) is 0.250. The van der Waals surface area contributed by atoms with Crippen molar-refractivity contribution in [2.75, 3.05) is 11.1 Å². The molecule has 7 nitrogen and oxygen atoms in total. The van der Waals surface area contributed by atoms with E-state index >= 15 is 0 Å². The number of benzene rings is 1. The van der Waals surface area contributed by atoms with Gasteiger partial charge in [0.05, 0.1) is 28.6 Å². The predicted molar refractivity (Wildman–Crippen MR) is 73.7 cm³/mol. The summed E-state index contributed by atoms with van der Waals surface area (Å²) in [6.45, 7) is 1.82. The Morgan fingerprint density at radius 3 is 2.95 bits per heavy atom. The van der Waals surface area contributed by atoms with Gasteiger partial charge in [0, 0.05) is 12.5 Å². The molecule has 0 aliphatic heterocycles. The molecule has 1 aromatic heterocycles. The molecular formula is C12H15N5O2. The molecule has 1 aromatic carbocycles. The van der Waals surface area contributed by atoms with Gasteiger partial charge in [-0.15, -0.1) is 0 Å². The number of H-pyrrole nitrogens is 1. The molecule has 1 atom stereocenters. The lowest BCUT2D eigenvalue weighted by atomic mass is 10.1. The van der Waals surface area contributed by atoms with Crippen LogP contribution in [-0.2, 0) is 4.79 Å². The summed E-state index contributed by atoms with van der Waals surface area (Å²) in [5.74, 6) is -0.395. The van der Waals surface area contributed by atoms with E-state index in [4.69, 9.17) is 11.5 Å². The maximum absolute atomic E-state index is 11.6. The van der Waals surface area contributed by atoms with Crippen molar-refractivity contribution in [2.24, 2.45) is 5.73 Å². The van der Waals surface area contributed by atoms with Crippen LogP contribution in [0.4, 0.5) is 11.4 Å². The molecule has 0 saturated heterocycles. The minimum Gasteiger partial charge on any atom is -0.397 e. The number of hydrogen-bond donors (Lipinski definition) is 4. The van der Waals surface area contributed by atoms with Crippen LogP contribution in [0.15, 0.2) is 23.3 Å². The van der Waals surface area contributed by atoms with Crippen molar-refractivity contribution in [2.45, 2.75) is 19.4 Å². The van der Waals surface area contributed by atoms with E-state index in [1.54, 1.807) is 12.1 Å². The van der Waals surface area contributed by atoms with Crippen LogP contribution >= 0.6 is 0 Å². The zero-order valence-corrected chi connectivity index (χ0v) is 10.4. The van der Waals surface area contributed by atoms with E-state index < -0.39 is 5.91 Å². The Kier molecular flexibility index (Phi) is 3.37. The van der Waals surface area contributed by atoms with Crippen molar-refractivity contribution in [1.29, 1.82) is 0 Å². The van der Waals surface area contributed by atoms with Gasteiger partial charge in [-0.25, -0.2) is 4.98 Å². The van der Waals surface area contributed by atoms with Gasteiger partial charge in [-0.05, 0) is 19.1 Å². The van der Waals surface area contributed by atoms with Crippen molar-refractivity contribution in [3.05, 3.63) is 28.8 Å². The SMILES string of the molecule is CC(CC(N)=O)Nc1cc2nc[nH]c(=O)c2cc1N. The van der Waals surface area contributed by atoms with Gasteiger partial charge < -0.3 is 21.8 Å². The largest absolute Gasteiger partial charge is 0.397 e. The second-order valence-corrected chi connectivity index (χ2v) is 4.40. The van der Waals surface area contributed by atoms with E-state index in [9.17, 15) is 9.59 Å². The molecule has 0 spiro atoms. The van der Waals surface area contributed by atoms with Crippen molar-refractivity contribution < 1.29 is 4.79 Å². The van der Waals surface area contributed by atoms with Crippen LogP contribution in [0.5, 0.6) is 0 Å². The van der Waals surface area contributed by atoms with Gasteiger partial charge in [-0.2, -0.15) is 0 Å². The number of hydrogen-bond acceptors (Lipinski definition) is 5. The molecule has 100 valence electrons. The zero-order valence-electron chi connectivity index (χ0n) is 10.4. The number of carbonyl (C=O) groups excluding carboxylic acids is 1. The third kappa shape index (κ3) is 2.82. The second-order valence-electron chi connectivity index (χ2n) is 4.40. The number of anilines is 2. The molecule has 0 bridgehead atoms. The topological polar surface area (TPSA) is 127 Å². The second kappa shape index (κ2) is 4.97. The molecule has 0 aliphatic carbocycles. The maximum Gasteiger partial charge on any atom is 0.258 e. The number of amides is 1. The lowest BCUT2D eigenvalue weighted by molar-refractivity contribution is -0.118. The minimum absolute atomic E-state index is 0.153. The van der Waals surface area contributed by atoms with Crippen LogP contribution in [0.2, 0.25) is 0 Å². The maximum atomic E-state index is 11.6. The lowest BCUT2D eigenvalue weighted by Crippen LogP contribution is -2.24. The Labute approximate surface area is 109 Å². The summed E-state index contributed by atoms with van der Waals surface area (Å²) < 4.78 is 0. The van der Waals surface area contributed by atoms with E-state index in [2.05, 4.69) is 15.3 Å². The van der Waals surface area contributed by atoms with Crippen LogP contribution in [0.3, 0.4) is 0 Å². The average molecular weight is 261 g/mol. The van der Waals surface area contributed by atoms with Gasteiger partial charge in [-0.3, -0.25) is 9.59 Å². The first-order valence-corrected chi connectivity index (χ1v) is 5.79. The number of carbonyl (C=O) groups is 1. The Morgan fingerprint density at radius 2 is 2.26 bits per heavy atom. The minimum atomic E-state index is -0.395. The van der Waals surface area contributed by atoms with Gasteiger partial charge in [0.25, 0.3) is 5.56 Å². The Hall–Kier alpha value is -2.57. The van der Waals surface area contributed by atoms with Gasteiger partial charge in [0.2, 0.25) is 5.91 Å². The Morgan fingerprint density at radius 1 is 1.53 bits per heavy atom. The number of nitrogen functional groups attached to an aromatic ring is 1. The molecule has 6 N–H and O–H groups in total. The van der Waals surface area contributed by atoms with Crippen molar-refractivity contribution >= 4 is 28.2 Å². The molecule has 0 fully saturated rings. The smallest absolute Gasteiger partial charge is 0.258 e. The molecule has 2 rings (SSSR count). The monoisotopic (exact) mass is 261 g/mol. The first-order valence-electron chi connectivity index (χ1n) is 5.79. The van der Waals surface area contributed by atoms with Crippen molar-refractivity contribution in [1.82, 2.24) is 9.97 Å². The number of aromatic amines is 1. The van der Waals surface area contributed by atoms with Crippen molar-refractivity contribution in [3.63, 3.8) is 0 Å². The van der Waals surface area contributed by atoms with Crippen molar-refractivity contribution in [3.8, 4) is 0 Å². The molecule has 1 unspecified atom stereocenters. The molecule has 19 heavy (non-hydrogen) atoms. The number of primary amides is 1. The van der Waals surface area contributed by atoms with Crippen LogP contribution in [-0.4, -0.2) is 21.9 Å². The summed E-state index contributed by atoms with van der Waals surface area (Å²) in [4.78, 5) is 29.0. The van der Waals surface area contributed by atoms with E-state index in [-0.39, 0.29) is 18.0 Å². The normalized spacial score (nSPS) is 12.3. The zero-order chi connectivity index (χ0) is 14.0. The fourth-order valence-corrected chi connectivity index (χ4v) is 1.88. The lowest BCUT2D eigenvalue weighted by Gasteiger charge is -2.15. The average Bonchev–Trinajstić information content (AvgIpc) is 2.30. The predicted octanol–water partition coefficient (Wildman–Crippen LogP) is 0.181. The van der Waals surface area contributed by atoms with E-state index in [0.717, 1.165) is 0 Å². The quantitative estimate of drug-likeness (QED) is 0.584. The standard InChI is InChI=1S/C12H15N5O2/c1-6(2-11(14)18)17-10-4-9-7(3-8(10)13)12(19)16-5-15-9/h3-6,17H,2,13H2,1H3,(H2,14,18)(H,15,16,19).